The van der Waals surface area contributed by atoms with E-state index in [1.165, 1.54) is 12.1 Å². The molecule has 1 aliphatic heterocycles. The van der Waals surface area contributed by atoms with Crippen molar-refractivity contribution in [2.45, 2.75) is 26.3 Å². The van der Waals surface area contributed by atoms with Gasteiger partial charge in [0.2, 0.25) is 0 Å². The molecule has 0 unspecified atom stereocenters. The topological polar surface area (TPSA) is 44.4 Å². The van der Waals surface area contributed by atoms with Crippen LogP contribution in [0, 0.1) is 24.5 Å². The minimum Gasteiger partial charge on any atom is -0.338 e. The molecule has 0 bridgehead atoms. The highest BCUT2D eigenvalue weighted by Gasteiger charge is 2.20. The van der Waals surface area contributed by atoms with Crippen molar-refractivity contribution in [3.05, 3.63) is 65.2 Å². The Morgan fingerprint density at radius 2 is 1.85 bits per heavy atom. The molecule has 1 saturated heterocycles. The molecule has 1 fully saturated rings. The first-order valence-electron chi connectivity index (χ1n) is 9.28. The van der Waals surface area contributed by atoms with Crippen LogP contribution >= 0.6 is 0 Å². The van der Waals surface area contributed by atoms with Gasteiger partial charge in [0.25, 0.3) is 0 Å². The van der Waals surface area contributed by atoms with Crippen LogP contribution in [0.5, 0.6) is 0 Å². The molecule has 2 aromatic rings. The van der Waals surface area contributed by atoms with Gasteiger partial charge in [-0.1, -0.05) is 24.3 Å². The first-order valence-corrected chi connectivity index (χ1v) is 9.28. The zero-order valence-electron chi connectivity index (χ0n) is 15.5. The minimum atomic E-state index is -0.338. The first-order chi connectivity index (χ1) is 13.0. The van der Waals surface area contributed by atoms with Crippen LogP contribution in [0.15, 0.2) is 42.5 Å². The lowest BCUT2D eigenvalue weighted by Crippen LogP contribution is -2.39. The van der Waals surface area contributed by atoms with Crippen LogP contribution in [0.3, 0.4) is 0 Å². The molecule has 1 aliphatic rings. The standard InChI is InChI=1S/C21H25F2N3O/c1-15-6-7-18(12-20(15)23)25-21(27)24-13-16-8-10-26(11-9-16)14-17-4-2-3-5-19(17)22/h2-7,12,16H,8-11,13-14H2,1H3,(H2,24,25,27). The average molecular weight is 373 g/mol. The quantitative estimate of drug-likeness (QED) is 0.820. The van der Waals surface area contributed by atoms with Crippen molar-refractivity contribution in [3.63, 3.8) is 0 Å². The van der Waals surface area contributed by atoms with Crippen molar-refractivity contribution >= 4 is 11.7 Å². The molecule has 0 spiro atoms. The molecule has 0 aliphatic carbocycles. The predicted molar refractivity (Wildman–Crippen MR) is 103 cm³/mol. The normalized spacial score (nSPS) is 15.5. The molecule has 27 heavy (non-hydrogen) atoms. The van der Waals surface area contributed by atoms with Crippen LogP contribution in [0.25, 0.3) is 0 Å². The molecule has 0 aromatic heterocycles. The molecule has 0 radical (unpaired) electrons. The molecule has 3 rings (SSSR count). The van der Waals surface area contributed by atoms with Crippen molar-refractivity contribution in [2.24, 2.45) is 5.92 Å². The second-order valence-electron chi connectivity index (χ2n) is 7.11. The third kappa shape index (κ3) is 5.50. The van der Waals surface area contributed by atoms with Gasteiger partial charge >= 0.3 is 6.03 Å². The smallest absolute Gasteiger partial charge is 0.319 e. The molecule has 0 saturated carbocycles. The van der Waals surface area contributed by atoms with Crippen molar-refractivity contribution in [1.29, 1.82) is 0 Å². The van der Waals surface area contributed by atoms with Gasteiger partial charge in [0, 0.05) is 24.3 Å². The summed E-state index contributed by atoms with van der Waals surface area (Å²) >= 11 is 0. The summed E-state index contributed by atoms with van der Waals surface area (Å²) in [4.78, 5) is 14.2. The third-order valence-corrected chi connectivity index (χ3v) is 5.04. The van der Waals surface area contributed by atoms with Crippen molar-refractivity contribution < 1.29 is 13.6 Å². The number of likely N-dealkylation sites (tertiary alicyclic amines) is 1. The predicted octanol–water partition coefficient (Wildman–Crippen LogP) is 4.31. The van der Waals surface area contributed by atoms with E-state index in [1.54, 1.807) is 25.1 Å². The number of carbonyl (C=O) groups is 1. The number of benzene rings is 2. The number of hydrogen-bond donors (Lipinski definition) is 2. The summed E-state index contributed by atoms with van der Waals surface area (Å²) in [6.45, 7) is 4.63. The molecule has 2 amide bonds. The number of hydrogen-bond acceptors (Lipinski definition) is 2. The van der Waals surface area contributed by atoms with Crippen molar-refractivity contribution in [1.82, 2.24) is 10.2 Å². The zero-order chi connectivity index (χ0) is 19.2. The van der Waals surface area contributed by atoms with Crippen LogP contribution in [0.2, 0.25) is 0 Å². The number of halogens is 2. The van der Waals surface area contributed by atoms with Crippen LogP contribution < -0.4 is 10.6 Å². The van der Waals surface area contributed by atoms with E-state index in [1.807, 2.05) is 12.1 Å². The number of aryl methyl sites for hydroxylation is 1. The van der Waals surface area contributed by atoms with E-state index in [0.29, 0.717) is 30.3 Å². The Hall–Kier alpha value is -2.47. The number of anilines is 1. The molecular formula is C21H25F2N3O. The molecule has 0 atom stereocenters. The van der Waals surface area contributed by atoms with E-state index in [9.17, 15) is 13.6 Å². The number of nitrogens with zero attached hydrogens (tertiary/aromatic N) is 1. The summed E-state index contributed by atoms with van der Waals surface area (Å²) in [5, 5.41) is 5.51. The van der Waals surface area contributed by atoms with Crippen molar-refractivity contribution in [3.8, 4) is 0 Å². The fourth-order valence-corrected chi connectivity index (χ4v) is 3.30. The number of piperidine rings is 1. The zero-order valence-corrected chi connectivity index (χ0v) is 15.5. The Morgan fingerprint density at radius 3 is 2.56 bits per heavy atom. The summed E-state index contributed by atoms with van der Waals surface area (Å²) in [6.07, 6.45) is 1.90. The number of nitrogens with one attached hydrogen (secondary N) is 2. The Kier molecular flexibility index (Phi) is 6.40. The van der Waals surface area contributed by atoms with E-state index < -0.39 is 0 Å². The summed E-state index contributed by atoms with van der Waals surface area (Å²) in [6, 6.07) is 11.2. The van der Waals surface area contributed by atoms with Gasteiger partial charge in [-0.3, -0.25) is 4.90 Å². The van der Waals surface area contributed by atoms with Crippen LogP contribution in [0.4, 0.5) is 19.3 Å². The van der Waals surface area contributed by atoms with E-state index in [0.717, 1.165) is 31.5 Å². The lowest BCUT2D eigenvalue weighted by molar-refractivity contribution is 0.174. The fourth-order valence-electron chi connectivity index (χ4n) is 3.30. The van der Waals surface area contributed by atoms with Gasteiger partial charge in [0.15, 0.2) is 0 Å². The molecule has 4 nitrogen and oxygen atoms in total. The maximum absolute atomic E-state index is 13.8. The highest BCUT2D eigenvalue weighted by atomic mass is 19.1. The van der Waals surface area contributed by atoms with E-state index >= 15 is 0 Å². The molecule has 144 valence electrons. The van der Waals surface area contributed by atoms with Crippen molar-refractivity contribution in [2.75, 3.05) is 25.0 Å². The van der Waals surface area contributed by atoms with Crippen LogP contribution in [0.1, 0.15) is 24.0 Å². The van der Waals surface area contributed by atoms with E-state index in [4.69, 9.17) is 0 Å². The largest absolute Gasteiger partial charge is 0.338 e. The molecule has 2 aromatic carbocycles. The fraction of sp³-hybridized carbons (Fsp3) is 0.381. The summed E-state index contributed by atoms with van der Waals surface area (Å²) in [7, 11) is 0. The SMILES string of the molecule is Cc1ccc(NC(=O)NCC2CCN(Cc3ccccc3F)CC2)cc1F. The lowest BCUT2D eigenvalue weighted by atomic mass is 9.96. The first kappa shape index (κ1) is 19.3. The highest BCUT2D eigenvalue weighted by molar-refractivity contribution is 5.89. The van der Waals surface area contributed by atoms with Gasteiger partial charge in [0.05, 0.1) is 0 Å². The maximum Gasteiger partial charge on any atom is 0.319 e. The third-order valence-electron chi connectivity index (χ3n) is 5.04. The van der Waals surface area contributed by atoms with Gasteiger partial charge in [-0.05, 0) is 62.5 Å². The van der Waals surface area contributed by atoms with Crippen LogP contribution in [-0.4, -0.2) is 30.6 Å². The molecular weight excluding hydrogens is 348 g/mol. The molecule has 1 heterocycles. The lowest BCUT2D eigenvalue weighted by Gasteiger charge is -2.32. The molecule has 2 N–H and O–H groups in total. The van der Waals surface area contributed by atoms with E-state index in [-0.39, 0.29) is 17.7 Å². The van der Waals surface area contributed by atoms with Gasteiger partial charge in [-0.25, -0.2) is 13.6 Å². The number of amides is 2. The second-order valence-corrected chi connectivity index (χ2v) is 7.11. The van der Waals surface area contributed by atoms with Gasteiger partial charge in [0.1, 0.15) is 11.6 Å². The van der Waals surface area contributed by atoms with Gasteiger partial charge < -0.3 is 10.6 Å². The van der Waals surface area contributed by atoms with Gasteiger partial charge in [-0.15, -0.1) is 0 Å². The summed E-state index contributed by atoms with van der Waals surface area (Å²) < 4.78 is 27.3. The minimum absolute atomic E-state index is 0.162. The Morgan fingerprint density at radius 1 is 1.11 bits per heavy atom. The number of rotatable bonds is 5. The Bertz CT molecular complexity index is 789. The van der Waals surface area contributed by atoms with Crippen LogP contribution in [-0.2, 0) is 6.54 Å². The summed E-state index contributed by atoms with van der Waals surface area (Å²) in [5.41, 5.74) is 1.71. The second kappa shape index (κ2) is 8.95. The monoisotopic (exact) mass is 373 g/mol. The maximum atomic E-state index is 13.8. The van der Waals surface area contributed by atoms with E-state index in [2.05, 4.69) is 15.5 Å². The highest BCUT2D eigenvalue weighted by Crippen LogP contribution is 2.19. The molecule has 6 heteroatoms. The average Bonchev–Trinajstić information content (AvgIpc) is 2.66. The number of urea groups is 1. The number of carbonyl (C=O) groups excluding carboxylic acids is 1. The Labute approximate surface area is 158 Å². The van der Waals surface area contributed by atoms with Gasteiger partial charge in [-0.2, -0.15) is 0 Å². The summed E-state index contributed by atoms with van der Waals surface area (Å²) in [5.74, 6) is -0.108. The Balaban J connectivity index is 1.39.